The predicted octanol–water partition coefficient (Wildman–Crippen LogP) is 4.75. The Morgan fingerprint density at radius 3 is 2.63 bits per heavy atom. The highest BCUT2D eigenvalue weighted by atomic mass is 35.5. The van der Waals surface area contributed by atoms with Crippen molar-refractivity contribution in [1.29, 1.82) is 0 Å². The Bertz CT molecular complexity index is 923. The number of benzene rings is 2. The van der Waals surface area contributed by atoms with Gasteiger partial charge >= 0.3 is 0 Å². The van der Waals surface area contributed by atoms with Gasteiger partial charge in [-0.2, -0.15) is 0 Å². The Hall–Kier alpha value is -1.66. The minimum absolute atomic E-state index is 0. The molecule has 0 radical (unpaired) electrons. The SMILES string of the molecule is Cl.O=C(NCC1CNC1)c1oc2ccccc2c1CSc1ccc(Cl)cc1. The number of carbonyl (C=O) groups excluding carboxylic acids is 1. The largest absolute Gasteiger partial charge is 0.451 e. The maximum Gasteiger partial charge on any atom is 0.287 e. The molecule has 0 atom stereocenters. The molecule has 3 aromatic rings. The van der Waals surface area contributed by atoms with E-state index in [1.165, 1.54) is 0 Å². The third-order valence-electron chi connectivity index (χ3n) is 4.52. The molecule has 0 spiro atoms. The predicted molar refractivity (Wildman–Crippen MR) is 113 cm³/mol. The lowest BCUT2D eigenvalue weighted by atomic mass is 10.0. The van der Waals surface area contributed by atoms with Crippen LogP contribution in [-0.2, 0) is 5.75 Å². The number of thioether (sulfide) groups is 1. The number of hydrogen-bond acceptors (Lipinski definition) is 4. The van der Waals surface area contributed by atoms with Gasteiger partial charge in [0.05, 0.1) is 0 Å². The van der Waals surface area contributed by atoms with Crippen LogP contribution in [0.4, 0.5) is 0 Å². The maximum absolute atomic E-state index is 12.7. The van der Waals surface area contributed by atoms with Crippen molar-refractivity contribution in [3.63, 3.8) is 0 Å². The van der Waals surface area contributed by atoms with Gasteiger partial charge in [-0.25, -0.2) is 0 Å². The summed E-state index contributed by atoms with van der Waals surface area (Å²) >= 11 is 7.62. The summed E-state index contributed by atoms with van der Waals surface area (Å²) in [6.07, 6.45) is 0. The standard InChI is InChI=1S/C20H19ClN2O2S.ClH/c21-14-5-7-15(8-6-14)26-12-17-16-3-1-2-4-18(16)25-19(17)20(24)23-11-13-9-22-10-13;/h1-8,13,22H,9-12H2,(H,23,24);1H. The molecule has 7 heteroatoms. The van der Waals surface area contributed by atoms with Crippen LogP contribution in [0.5, 0.6) is 0 Å². The van der Waals surface area contributed by atoms with E-state index in [1.807, 2.05) is 48.5 Å². The van der Waals surface area contributed by atoms with E-state index >= 15 is 0 Å². The summed E-state index contributed by atoms with van der Waals surface area (Å²) in [7, 11) is 0. The molecule has 1 aromatic heterocycles. The van der Waals surface area contributed by atoms with Crippen molar-refractivity contribution in [3.05, 3.63) is 64.9 Å². The number of para-hydroxylation sites is 1. The van der Waals surface area contributed by atoms with Crippen LogP contribution in [0.1, 0.15) is 16.1 Å². The minimum atomic E-state index is -0.139. The van der Waals surface area contributed by atoms with Crippen molar-refractivity contribution in [3.8, 4) is 0 Å². The maximum atomic E-state index is 12.7. The summed E-state index contributed by atoms with van der Waals surface area (Å²) in [5, 5.41) is 7.93. The summed E-state index contributed by atoms with van der Waals surface area (Å²) in [6.45, 7) is 2.59. The minimum Gasteiger partial charge on any atom is -0.451 e. The van der Waals surface area contributed by atoms with Crippen molar-refractivity contribution < 1.29 is 9.21 Å². The number of amides is 1. The highest BCUT2D eigenvalue weighted by molar-refractivity contribution is 7.98. The van der Waals surface area contributed by atoms with E-state index in [0.29, 0.717) is 29.0 Å². The van der Waals surface area contributed by atoms with Gasteiger partial charge < -0.3 is 15.1 Å². The molecular formula is C20H20Cl2N2O2S. The molecule has 2 aromatic carbocycles. The van der Waals surface area contributed by atoms with Gasteiger partial charge in [-0.05, 0) is 30.3 Å². The van der Waals surface area contributed by atoms with Crippen LogP contribution in [0.15, 0.2) is 57.8 Å². The number of hydrogen-bond donors (Lipinski definition) is 2. The quantitative estimate of drug-likeness (QED) is 0.562. The fourth-order valence-corrected chi connectivity index (χ4v) is 3.97. The lowest BCUT2D eigenvalue weighted by Gasteiger charge is -2.26. The van der Waals surface area contributed by atoms with E-state index in [0.717, 1.165) is 34.5 Å². The van der Waals surface area contributed by atoms with Crippen LogP contribution in [0.25, 0.3) is 11.0 Å². The van der Waals surface area contributed by atoms with Crippen molar-refractivity contribution in [2.24, 2.45) is 5.92 Å². The monoisotopic (exact) mass is 422 g/mol. The Balaban J connectivity index is 0.00000210. The van der Waals surface area contributed by atoms with Gasteiger partial charge in [-0.1, -0.05) is 29.8 Å². The van der Waals surface area contributed by atoms with Gasteiger partial charge in [0.25, 0.3) is 5.91 Å². The Morgan fingerprint density at radius 1 is 1.19 bits per heavy atom. The number of furan rings is 1. The number of fused-ring (bicyclic) bond motifs is 1. The molecule has 4 rings (SSSR count). The molecule has 0 bridgehead atoms. The van der Waals surface area contributed by atoms with E-state index in [1.54, 1.807) is 11.8 Å². The topological polar surface area (TPSA) is 54.3 Å². The van der Waals surface area contributed by atoms with E-state index in [9.17, 15) is 4.79 Å². The van der Waals surface area contributed by atoms with Crippen LogP contribution in [-0.4, -0.2) is 25.5 Å². The van der Waals surface area contributed by atoms with Gasteiger partial charge in [-0.15, -0.1) is 24.2 Å². The number of carbonyl (C=O) groups is 1. The molecule has 1 fully saturated rings. The van der Waals surface area contributed by atoms with E-state index in [-0.39, 0.29) is 18.3 Å². The van der Waals surface area contributed by atoms with Crippen LogP contribution >= 0.6 is 35.8 Å². The van der Waals surface area contributed by atoms with Crippen molar-refractivity contribution in [2.75, 3.05) is 19.6 Å². The van der Waals surface area contributed by atoms with E-state index in [2.05, 4.69) is 10.6 Å². The first-order valence-corrected chi connectivity index (χ1v) is 9.95. The second-order valence-electron chi connectivity index (χ2n) is 6.38. The second-order valence-corrected chi connectivity index (χ2v) is 7.87. The fraction of sp³-hybridized carbons (Fsp3) is 0.250. The molecule has 4 nitrogen and oxygen atoms in total. The summed E-state index contributed by atoms with van der Waals surface area (Å²) in [5.74, 6) is 1.45. The van der Waals surface area contributed by atoms with E-state index < -0.39 is 0 Å². The normalized spacial score (nSPS) is 13.8. The van der Waals surface area contributed by atoms with Gasteiger partial charge in [-0.3, -0.25) is 4.79 Å². The first kappa shape index (κ1) is 20.1. The smallest absolute Gasteiger partial charge is 0.287 e. The van der Waals surface area contributed by atoms with Gasteiger partial charge in [0.2, 0.25) is 0 Å². The zero-order valence-corrected chi connectivity index (χ0v) is 16.9. The van der Waals surface area contributed by atoms with Gasteiger partial charge in [0, 0.05) is 52.2 Å². The molecule has 1 aliphatic rings. The molecule has 1 amide bonds. The summed E-state index contributed by atoms with van der Waals surface area (Å²) < 4.78 is 5.89. The molecule has 1 aliphatic heterocycles. The van der Waals surface area contributed by atoms with Crippen LogP contribution < -0.4 is 10.6 Å². The molecule has 27 heavy (non-hydrogen) atoms. The van der Waals surface area contributed by atoms with Crippen molar-refractivity contribution in [1.82, 2.24) is 10.6 Å². The highest BCUT2D eigenvalue weighted by Gasteiger charge is 2.23. The van der Waals surface area contributed by atoms with Gasteiger partial charge in [0.1, 0.15) is 5.58 Å². The van der Waals surface area contributed by atoms with E-state index in [4.69, 9.17) is 16.0 Å². The lowest BCUT2D eigenvalue weighted by Crippen LogP contribution is -2.48. The zero-order valence-electron chi connectivity index (χ0n) is 14.5. The first-order chi connectivity index (χ1) is 12.7. The molecule has 2 N–H and O–H groups in total. The third kappa shape index (κ3) is 4.61. The summed E-state index contributed by atoms with van der Waals surface area (Å²) in [4.78, 5) is 13.8. The Labute approximate surface area is 173 Å². The molecule has 142 valence electrons. The lowest BCUT2D eigenvalue weighted by molar-refractivity contribution is 0.0915. The zero-order chi connectivity index (χ0) is 17.9. The first-order valence-electron chi connectivity index (χ1n) is 8.58. The molecule has 2 heterocycles. The molecule has 0 aliphatic carbocycles. The Kier molecular flexibility index (Phi) is 6.71. The molecular weight excluding hydrogens is 403 g/mol. The summed E-state index contributed by atoms with van der Waals surface area (Å²) in [6, 6.07) is 15.5. The van der Waals surface area contributed by atoms with Crippen molar-refractivity contribution >= 4 is 52.6 Å². The average Bonchev–Trinajstić information content (AvgIpc) is 2.98. The van der Waals surface area contributed by atoms with Crippen LogP contribution in [0.2, 0.25) is 5.02 Å². The van der Waals surface area contributed by atoms with Crippen LogP contribution in [0.3, 0.4) is 0 Å². The number of rotatable bonds is 6. The fourth-order valence-electron chi connectivity index (χ4n) is 2.92. The molecule has 0 unspecified atom stereocenters. The summed E-state index contributed by atoms with van der Waals surface area (Å²) in [5.41, 5.74) is 1.68. The average molecular weight is 423 g/mol. The molecule has 1 saturated heterocycles. The highest BCUT2D eigenvalue weighted by Crippen LogP contribution is 2.32. The third-order valence-corrected chi connectivity index (χ3v) is 5.81. The van der Waals surface area contributed by atoms with Crippen molar-refractivity contribution in [2.45, 2.75) is 10.6 Å². The van der Waals surface area contributed by atoms with Gasteiger partial charge in [0.15, 0.2) is 5.76 Å². The molecule has 0 saturated carbocycles. The van der Waals surface area contributed by atoms with Crippen LogP contribution in [0, 0.1) is 5.92 Å². The number of nitrogens with one attached hydrogen (secondary N) is 2. The second kappa shape index (κ2) is 9.02. The Morgan fingerprint density at radius 2 is 1.93 bits per heavy atom. The number of halogens is 2.